The first-order valence-corrected chi connectivity index (χ1v) is 11.2. The molecule has 1 heterocycles. The number of aryl methyl sites for hydroxylation is 3. The molecule has 1 N–H and O–H groups in total. The van der Waals surface area contributed by atoms with Gasteiger partial charge in [-0.25, -0.2) is 13.8 Å². The molecule has 1 amide bonds. The Labute approximate surface area is 172 Å². The summed E-state index contributed by atoms with van der Waals surface area (Å²) in [5.74, 6) is -0.445. The molecule has 6 nitrogen and oxygen atoms in total. The van der Waals surface area contributed by atoms with Gasteiger partial charge in [0.1, 0.15) is 0 Å². The quantitative estimate of drug-likeness (QED) is 0.601. The van der Waals surface area contributed by atoms with Gasteiger partial charge in [0.25, 0.3) is 5.91 Å². The molecular weight excluding hydrogens is 386 g/mol. The van der Waals surface area contributed by atoms with Crippen molar-refractivity contribution in [2.45, 2.75) is 44.9 Å². The molecule has 1 saturated heterocycles. The van der Waals surface area contributed by atoms with Crippen LogP contribution in [-0.2, 0) is 10.0 Å². The average molecular weight is 414 g/mol. The maximum Gasteiger partial charge on any atom is 0.271 e. The van der Waals surface area contributed by atoms with Crippen molar-refractivity contribution in [1.82, 2.24) is 9.73 Å². The summed E-state index contributed by atoms with van der Waals surface area (Å²) in [6.45, 7) is 7.08. The Kier molecular flexibility index (Phi) is 6.49. The number of nitrogens with zero attached hydrogens (tertiary/aromatic N) is 2. The molecule has 0 spiro atoms. The highest BCUT2D eigenvalue weighted by molar-refractivity contribution is 7.89. The van der Waals surface area contributed by atoms with Crippen molar-refractivity contribution < 1.29 is 13.2 Å². The van der Waals surface area contributed by atoms with Gasteiger partial charge >= 0.3 is 0 Å². The van der Waals surface area contributed by atoms with E-state index in [1.807, 2.05) is 20.8 Å². The fourth-order valence-electron chi connectivity index (χ4n) is 3.67. The van der Waals surface area contributed by atoms with Crippen molar-refractivity contribution in [3.05, 3.63) is 64.2 Å². The number of amides is 1. The number of carbonyl (C=O) groups excluding carboxylic acids is 1. The van der Waals surface area contributed by atoms with Crippen molar-refractivity contribution in [3.8, 4) is 0 Å². The van der Waals surface area contributed by atoms with Crippen molar-refractivity contribution in [2.75, 3.05) is 13.1 Å². The minimum Gasteiger partial charge on any atom is -0.267 e. The van der Waals surface area contributed by atoms with Crippen LogP contribution in [0.15, 0.2) is 46.4 Å². The zero-order valence-electron chi connectivity index (χ0n) is 17.1. The van der Waals surface area contributed by atoms with E-state index < -0.39 is 15.9 Å². The molecule has 0 unspecified atom stereocenters. The summed E-state index contributed by atoms with van der Waals surface area (Å²) in [5.41, 5.74) is 7.05. The van der Waals surface area contributed by atoms with E-state index in [4.69, 9.17) is 0 Å². The minimum absolute atomic E-state index is 0.140. The Morgan fingerprint density at radius 1 is 1.03 bits per heavy atom. The smallest absolute Gasteiger partial charge is 0.267 e. The third kappa shape index (κ3) is 4.92. The van der Waals surface area contributed by atoms with E-state index in [9.17, 15) is 13.2 Å². The Balaban J connectivity index is 1.75. The molecule has 0 saturated carbocycles. The molecule has 0 bridgehead atoms. The van der Waals surface area contributed by atoms with Crippen molar-refractivity contribution >= 4 is 22.1 Å². The number of hydrazone groups is 1. The summed E-state index contributed by atoms with van der Waals surface area (Å²) in [6, 6.07) is 10.2. The van der Waals surface area contributed by atoms with Gasteiger partial charge in [0, 0.05) is 24.2 Å². The maximum absolute atomic E-state index is 12.8. The second-order valence-corrected chi connectivity index (χ2v) is 9.44. The van der Waals surface area contributed by atoms with Crippen LogP contribution in [0, 0.1) is 20.8 Å². The molecule has 3 rings (SSSR count). The summed E-state index contributed by atoms with van der Waals surface area (Å²) >= 11 is 0. The largest absolute Gasteiger partial charge is 0.271 e. The molecule has 2 aromatic rings. The average Bonchev–Trinajstić information content (AvgIpc) is 2.70. The number of sulfonamides is 1. The molecule has 0 aliphatic carbocycles. The van der Waals surface area contributed by atoms with Gasteiger partial charge in [-0.05, 0) is 62.9 Å². The number of rotatable bonds is 5. The molecule has 0 atom stereocenters. The highest BCUT2D eigenvalue weighted by atomic mass is 32.2. The number of piperidine rings is 1. The lowest BCUT2D eigenvalue weighted by atomic mass is 10.0. The van der Waals surface area contributed by atoms with E-state index in [1.54, 1.807) is 18.3 Å². The summed E-state index contributed by atoms with van der Waals surface area (Å²) in [4.78, 5) is 12.6. The lowest BCUT2D eigenvalue weighted by Gasteiger charge is -2.25. The Morgan fingerprint density at radius 3 is 2.34 bits per heavy atom. The summed E-state index contributed by atoms with van der Waals surface area (Å²) in [7, 11) is -3.58. The SMILES string of the molecule is Cc1cc(C)c(/C=N\NC(=O)c2cccc(S(=O)(=O)N3CCCCC3)c2)c(C)c1. The topological polar surface area (TPSA) is 78.8 Å². The number of nitrogens with one attached hydrogen (secondary N) is 1. The van der Waals surface area contributed by atoms with E-state index in [0.717, 1.165) is 36.0 Å². The molecule has 29 heavy (non-hydrogen) atoms. The van der Waals surface area contributed by atoms with Crippen LogP contribution in [0.4, 0.5) is 0 Å². The lowest BCUT2D eigenvalue weighted by Crippen LogP contribution is -2.35. The molecule has 1 fully saturated rings. The molecule has 0 aromatic heterocycles. The maximum atomic E-state index is 12.8. The first kappa shape index (κ1) is 21.2. The number of benzene rings is 2. The second-order valence-electron chi connectivity index (χ2n) is 7.50. The van der Waals surface area contributed by atoms with Crippen LogP contribution in [0.1, 0.15) is 51.9 Å². The standard InChI is InChI=1S/C22H27N3O3S/c1-16-12-17(2)21(18(3)13-16)15-23-24-22(26)19-8-7-9-20(14-19)29(27,28)25-10-5-4-6-11-25/h7-9,12-15H,4-6,10-11H2,1-3H3,(H,24,26)/b23-15-. The van der Waals surface area contributed by atoms with Gasteiger partial charge < -0.3 is 0 Å². The molecule has 2 aromatic carbocycles. The van der Waals surface area contributed by atoms with E-state index >= 15 is 0 Å². The van der Waals surface area contributed by atoms with Gasteiger partial charge in [-0.1, -0.05) is 30.2 Å². The summed E-state index contributed by atoms with van der Waals surface area (Å²) < 4.78 is 27.2. The van der Waals surface area contributed by atoms with Crippen molar-refractivity contribution in [2.24, 2.45) is 5.10 Å². The fourth-order valence-corrected chi connectivity index (χ4v) is 5.23. The minimum atomic E-state index is -3.58. The lowest BCUT2D eigenvalue weighted by molar-refractivity contribution is 0.0955. The van der Waals surface area contributed by atoms with Crippen molar-refractivity contribution in [1.29, 1.82) is 0 Å². The van der Waals surface area contributed by atoms with Gasteiger partial charge in [0.15, 0.2) is 0 Å². The van der Waals surface area contributed by atoms with Crippen LogP contribution in [0.3, 0.4) is 0 Å². The zero-order chi connectivity index (χ0) is 21.0. The van der Waals surface area contributed by atoms with E-state index in [1.165, 1.54) is 22.0 Å². The Morgan fingerprint density at radius 2 is 1.69 bits per heavy atom. The summed E-state index contributed by atoms with van der Waals surface area (Å²) in [6.07, 6.45) is 4.40. The Bertz CT molecular complexity index is 1020. The third-order valence-corrected chi connectivity index (χ3v) is 7.04. The molecule has 7 heteroatoms. The number of carbonyl (C=O) groups is 1. The first-order valence-electron chi connectivity index (χ1n) is 9.80. The predicted octanol–water partition coefficient (Wildman–Crippen LogP) is 3.55. The number of hydrogen-bond acceptors (Lipinski definition) is 4. The van der Waals surface area contributed by atoms with Crippen LogP contribution in [-0.4, -0.2) is 37.9 Å². The van der Waals surface area contributed by atoms with Crippen LogP contribution in [0.2, 0.25) is 0 Å². The van der Waals surface area contributed by atoms with Gasteiger partial charge in [0.05, 0.1) is 11.1 Å². The second kappa shape index (κ2) is 8.88. The van der Waals surface area contributed by atoms with Gasteiger partial charge in [-0.15, -0.1) is 0 Å². The van der Waals surface area contributed by atoms with Crippen LogP contribution < -0.4 is 5.43 Å². The van der Waals surface area contributed by atoms with Gasteiger partial charge in [0.2, 0.25) is 10.0 Å². The highest BCUT2D eigenvalue weighted by Gasteiger charge is 2.26. The first-order chi connectivity index (χ1) is 13.8. The molecule has 1 aliphatic heterocycles. The molecule has 154 valence electrons. The van der Waals surface area contributed by atoms with E-state index in [2.05, 4.69) is 22.7 Å². The zero-order valence-corrected chi connectivity index (χ0v) is 17.9. The van der Waals surface area contributed by atoms with Crippen molar-refractivity contribution in [3.63, 3.8) is 0 Å². The van der Waals surface area contributed by atoms with Crippen LogP contribution in [0.25, 0.3) is 0 Å². The molecular formula is C22H27N3O3S. The van der Waals surface area contributed by atoms with E-state index in [0.29, 0.717) is 13.1 Å². The summed E-state index contributed by atoms with van der Waals surface area (Å²) in [5, 5.41) is 4.07. The fraction of sp³-hybridized carbons (Fsp3) is 0.364. The van der Waals surface area contributed by atoms with Crippen LogP contribution in [0.5, 0.6) is 0 Å². The van der Waals surface area contributed by atoms with E-state index in [-0.39, 0.29) is 10.5 Å². The molecule has 0 radical (unpaired) electrons. The third-order valence-electron chi connectivity index (χ3n) is 5.15. The predicted molar refractivity (Wildman–Crippen MR) is 115 cm³/mol. The van der Waals surface area contributed by atoms with Gasteiger partial charge in [-0.2, -0.15) is 9.41 Å². The highest BCUT2D eigenvalue weighted by Crippen LogP contribution is 2.21. The van der Waals surface area contributed by atoms with Gasteiger partial charge in [-0.3, -0.25) is 4.79 Å². The number of hydrogen-bond donors (Lipinski definition) is 1. The van der Waals surface area contributed by atoms with Crippen LogP contribution >= 0.6 is 0 Å². The molecule has 1 aliphatic rings. The monoisotopic (exact) mass is 413 g/mol. The Hall–Kier alpha value is -2.51. The normalized spacial score (nSPS) is 15.6.